The highest BCUT2D eigenvalue weighted by Gasteiger charge is 2.32. The second kappa shape index (κ2) is 6.35. The van der Waals surface area contributed by atoms with Gasteiger partial charge in [-0.15, -0.1) is 0 Å². The van der Waals surface area contributed by atoms with Crippen LogP contribution in [0, 0.1) is 0 Å². The van der Waals surface area contributed by atoms with Gasteiger partial charge in [0.25, 0.3) is 0 Å². The quantitative estimate of drug-likeness (QED) is 0.786. The third-order valence-corrected chi connectivity index (χ3v) is 2.89. The number of carbonyl (C=O) groups is 1. The van der Waals surface area contributed by atoms with Gasteiger partial charge in [0.2, 0.25) is 6.86 Å². The van der Waals surface area contributed by atoms with Gasteiger partial charge in [-0.25, -0.2) is 4.39 Å². The van der Waals surface area contributed by atoms with Crippen molar-refractivity contribution in [3.8, 4) is 5.75 Å². The van der Waals surface area contributed by atoms with Gasteiger partial charge < -0.3 is 14.8 Å². The van der Waals surface area contributed by atoms with Gasteiger partial charge in [0, 0.05) is 6.42 Å². The number of benzene rings is 1. The summed E-state index contributed by atoms with van der Waals surface area (Å²) in [6.45, 7) is 0.917. The summed E-state index contributed by atoms with van der Waals surface area (Å²) in [6.07, 6.45) is 0.478. The summed E-state index contributed by atoms with van der Waals surface area (Å²) in [5.41, 5.74) is 0.153. The van der Waals surface area contributed by atoms with Gasteiger partial charge in [-0.3, -0.25) is 4.79 Å². The Morgan fingerprint density at radius 1 is 1.39 bits per heavy atom. The SMILES string of the molecule is CNC(C)(Cc1ccc(OCF)cc1)C(=O)OC. The van der Waals surface area contributed by atoms with Crippen molar-refractivity contribution in [3.05, 3.63) is 29.8 Å². The lowest BCUT2D eigenvalue weighted by molar-refractivity contribution is -0.147. The Morgan fingerprint density at radius 2 is 2.00 bits per heavy atom. The predicted octanol–water partition coefficient (Wildman–Crippen LogP) is 1.69. The molecule has 0 aromatic heterocycles. The molecular formula is C13H18FNO3. The van der Waals surface area contributed by atoms with E-state index in [1.54, 1.807) is 38.2 Å². The first-order valence-electron chi connectivity index (χ1n) is 5.61. The molecule has 100 valence electrons. The highest BCUT2D eigenvalue weighted by atomic mass is 19.1. The molecule has 0 aliphatic heterocycles. The Bertz CT molecular complexity index is 394. The molecule has 0 aliphatic carbocycles. The zero-order valence-electron chi connectivity index (χ0n) is 10.8. The molecule has 4 nitrogen and oxygen atoms in total. The largest absolute Gasteiger partial charge is 0.468 e. The molecule has 1 aromatic rings. The third-order valence-electron chi connectivity index (χ3n) is 2.89. The summed E-state index contributed by atoms with van der Waals surface area (Å²) in [5.74, 6) is 0.138. The van der Waals surface area contributed by atoms with E-state index in [-0.39, 0.29) is 5.97 Å². The van der Waals surface area contributed by atoms with E-state index in [9.17, 15) is 9.18 Å². The summed E-state index contributed by atoms with van der Waals surface area (Å²) < 4.78 is 21.4. The normalized spacial score (nSPS) is 13.8. The lowest BCUT2D eigenvalue weighted by Gasteiger charge is -2.26. The van der Waals surface area contributed by atoms with Crippen LogP contribution in [0.25, 0.3) is 0 Å². The van der Waals surface area contributed by atoms with Crippen LogP contribution >= 0.6 is 0 Å². The lowest BCUT2D eigenvalue weighted by atomic mass is 9.93. The van der Waals surface area contributed by atoms with E-state index in [1.807, 2.05) is 0 Å². The van der Waals surface area contributed by atoms with E-state index in [0.717, 1.165) is 5.56 Å². The Kier molecular flexibility index (Phi) is 5.09. The van der Waals surface area contributed by atoms with Crippen LogP contribution in [0.4, 0.5) is 4.39 Å². The Hall–Kier alpha value is -1.62. The average molecular weight is 255 g/mol. The number of alkyl halides is 1. The Balaban J connectivity index is 2.79. The summed E-state index contributed by atoms with van der Waals surface area (Å²) >= 11 is 0. The molecule has 1 rings (SSSR count). The number of esters is 1. The van der Waals surface area contributed by atoms with Gasteiger partial charge in [-0.1, -0.05) is 12.1 Å². The maximum absolute atomic E-state index is 12.0. The van der Waals surface area contributed by atoms with Crippen LogP contribution in [0.2, 0.25) is 0 Å². The monoisotopic (exact) mass is 255 g/mol. The van der Waals surface area contributed by atoms with Gasteiger partial charge in [-0.05, 0) is 31.7 Å². The molecule has 0 bridgehead atoms. The van der Waals surface area contributed by atoms with E-state index >= 15 is 0 Å². The molecule has 0 fully saturated rings. The number of halogens is 1. The Labute approximate surface area is 106 Å². The minimum Gasteiger partial charge on any atom is -0.468 e. The maximum Gasteiger partial charge on any atom is 0.326 e. The number of hydrogen-bond acceptors (Lipinski definition) is 4. The van der Waals surface area contributed by atoms with Gasteiger partial charge >= 0.3 is 5.97 Å². The van der Waals surface area contributed by atoms with Crippen LogP contribution in [0.15, 0.2) is 24.3 Å². The van der Waals surface area contributed by atoms with Gasteiger partial charge in [0.15, 0.2) is 0 Å². The van der Waals surface area contributed by atoms with Gasteiger partial charge in [-0.2, -0.15) is 0 Å². The average Bonchev–Trinajstić information content (AvgIpc) is 2.40. The minimum atomic E-state index is -0.851. The van der Waals surface area contributed by atoms with Gasteiger partial charge in [0.05, 0.1) is 7.11 Å². The van der Waals surface area contributed by atoms with Crippen LogP contribution in [-0.4, -0.2) is 32.5 Å². The predicted molar refractivity (Wildman–Crippen MR) is 66.2 cm³/mol. The second-order valence-electron chi connectivity index (χ2n) is 4.15. The molecule has 0 amide bonds. The zero-order valence-corrected chi connectivity index (χ0v) is 10.8. The third kappa shape index (κ3) is 3.43. The zero-order chi connectivity index (χ0) is 13.6. The number of carbonyl (C=O) groups excluding carboxylic acids is 1. The highest BCUT2D eigenvalue weighted by Crippen LogP contribution is 2.18. The lowest BCUT2D eigenvalue weighted by Crippen LogP contribution is -2.50. The van der Waals surface area contributed by atoms with Crippen LogP contribution in [0.1, 0.15) is 12.5 Å². The standard InChI is InChI=1S/C13H18FNO3/c1-13(15-2,12(16)17-3)8-10-4-6-11(7-5-10)18-9-14/h4-7,15H,8-9H2,1-3H3. The fourth-order valence-corrected chi connectivity index (χ4v) is 1.66. The molecule has 0 radical (unpaired) electrons. The number of methoxy groups -OCH3 is 1. The summed E-state index contributed by atoms with van der Waals surface area (Å²) in [6, 6.07) is 6.93. The number of nitrogens with one attached hydrogen (secondary N) is 1. The van der Waals surface area contributed by atoms with Crippen molar-refractivity contribution < 1.29 is 18.7 Å². The fraction of sp³-hybridized carbons (Fsp3) is 0.462. The molecule has 0 aliphatic rings. The van der Waals surface area contributed by atoms with E-state index in [2.05, 4.69) is 5.32 Å². The molecule has 0 saturated carbocycles. The topological polar surface area (TPSA) is 47.6 Å². The number of hydrogen-bond donors (Lipinski definition) is 1. The van der Waals surface area contributed by atoms with Crippen LogP contribution < -0.4 is 10.1 Å². The van der Waals surface area contributed by atoms with E-state index in [1.165, 1.54) is 7.11 Å². The van der Waals surface area contributed by atoms with Crippen molar-refractivity contribution in [2.24, 2.45) is 0 Å². The number of likely N-dealkylation sites (N-methyl/N-ethyl adjacent to an activating group) is 1. The summed E-state index contributed by atoms with van der Waals surface area (Å²) in [7, 11) is 3.06. The van der Waals surface area contributed by atoms with E-state index in [4.69, 9.17) is 9.47 Å². The van der Waals surface area contributed by atoms with Gasteiger partial charge in [0.1, 0.15) is 11.3 Å². The second-order valence-corrected chi connectivity index (χ2v) is 4.15. The number of rotatable bonds is 6. The van der Waals surface area contributed by atoms with Crippen LogP contribution in [0.5, 0.6) is 5.75 Å². The van der Waals surface area contributed by atoms with E-state index < -0.39 is 12.4 Å². The molecule has 1 atom stereocenters. The smallest absolute Gasteiger partial charge is 0.326 e. The van der Waals surface area contributed by atoms with E-state index in [0.29, 0.717) is 12.2 Å². The maximum atomic E-state index is 12.0. The van der Waals surface area contributed by atoms with Crippen molar-refractivity contribution in [3.63, 3.8) is 0 Å². The molecule has 0 spiro atoms. The first kappa shape index (κ1) is 14.4. The molecule has 5 heteroatoms. The molecule has 18 heavy (non-hydrogen) atoms. The van der Waals surface area contributed by atoms with Crippen molar-refractivity contribution >= 4 is 5.97 Å². The Morgan fingerprint density at radius 3 is 2.44 bits per heavy atom. The minimum absolute atomic E-state index is 0.325. The van der Waals surface area contributed by atoms with Crippen molar-refractivity contribution in [2.45, 2.75) is 18.9 Å². The summed E-state index contributed by atoms with van der Waals surface area (Å²) in [5, 5.41) is 2.95. The van der Waals surface area contributed by atoms with Crippen LogP contribution in [0.3, 0.4) is 0 Å². The first-order valence-corrected chi connectivity index (χ1v) is 5.61. The van der Waals surface area contributed by atoms with Crippen molar-refractivity contribution in [2.75, 3.05) is 21.0 Å². The van der Waals surface area contributed by atoms with Crippen molar-refractivity contribution in [1.82, 2.24) is 5.32 Å². The summed E-state index contributed by atoms with van der Waals surface area (Å²) in [4.78, 5) is 11.7. The molecule has 1 N–H and O–H groups in total. The molecule has 1 unspecified atom stereocenters. The first-order chi connectivity index (χ1) is 8.55. The molecular weight excluding hydrogens is 237 g/mol. The molecule has 1 aromatic carbocycles. The van der Waals surface area contributed by atoms with Crippen LogP contribution in [-0.2, 0) is 16.0 Å². The fourth-order valence-electron chi connectivity index (χ4n) is 1.66. The van der Waals surface area contributed by atoms with Crippen molar-refractivity contribution in [1.29, 1.82) is 0 Å². The number of ether oxygens (including phenoxy) is 2. The highest BCUT2D eigenvalue weighted by molar-refractivity contribution is 5.80. The molecule has 0 saturated heterocycles. The molecule has 0 heterocycles.